The Morgan fingerprint density at radius 3 is 2.64 bits per heavy atom. The van der Waals surface area contributed by atoms with Crippen molar-refractivity contribution in [2.45, 2.75) is 45.1 Å². The number of nitrogens with one attached hydrogen (secondary N) is 3. The van der Waals surface area contributed by atoms with Gasteiger partial charge in [0.05, 0.1) is 6.42 Å². The van der Waals surface area contributed by atoms with E-state index >= 15 is 0 Å². The fourth-order valence-electron chi connectivity index (χ4n) is 2.92. The summed E-state index contributed by atoms with van der Waals surface area (Å²) in [6.45, 7) is 2.18. The maximum absolute atomic E-state index is 12.2. The summed E-state index contributed by atoms with van der Waals surface area (Å²) in [5.41, 5.74) is 1.50. The molecule has 0 spiro atoms. The molecule has 0 aliphatic heterocycles. The summed E-state index contributed by atoms with van der Waals surface area (Å²) in [7, 11) is 1.61. The molecule has 1 fully saturated rings. The molecule has 2 rings (SSSR count). The maximum atomic E-state index is 12.2. The van der Waals surface area contributed by atoms with Crippen LogP contribution in [0, 0.1) is 5.92 Å². The molecule has 5 nitrogen and oxygen atoms in total. The third kappa shape index (κ3) is 4.48. The SMILES string of the molecule is CNC(=O)Cc1ccccc1NC(=O)NC1CCCCC1C. The predicted octanol–water partition coefficient (Wildman–Crippen LogP) is 2.68. The first-order chi connectivity index (χ1) is 10.6. The van der Waals surface area contributed by atoms with Gasteiger partial charge in [-0.15, -0.1) is 0 Å². The Labute approximate surface area is 131 Å². The first-order valence-corrected chi connectivity index (χ1v) is 7.96. The second-order valence-corrected chi connectivity index (χ2v) is 5.97. The van der Waals surface area contributed by atoms with Gasteiger partial charge in [-0.25, -0.2) is 4.79 Å². The van der Waals surface area contributed by atoms with Crippen molar-refractivity contribution in [1.82, 2.24) is 10.6 Å². The Morgan fingerprint density at radius 2 is 1.91 bits per heavy atom. The van der Waals surface area contributed by atoms with E-state index in [4.69, 9.17) is 0 Å². The molecule has 1 aromatic carbocycles. The molecule has 1 aromatic rings. The van der Waals surface area contributed by atoms with Crippen LogP contribution in [0.3, 0.4) is 0 Å². The summed E-state index contributed by atoms with van der Waals surface area (Å²) in [4.78, 5) is 23.8. The molecule has 0 bridgehead atoms. The number of anilines is 1. The minimum Gasteiger partial charge on any atom is -0.359 e. The van der Waals surface area contributed by atoms with Gasteiger partial charge in [-0.3, -0.25) is 4.79 Å². The summed E-state index contributed by atoms with van der Waals surface area (Å²) in [5.74, 6) is 0.441. The predicted molar refractivity (Wildman–Crippen MR) is 87.8 cm³/mol. The summed E-state index contributed by atoms with van der Waals surface area (Å²) < 4.78 is 0. The van der Waals surface area contributed by atoms with Crippen LogP contribution in [0.2, 0.25) is 0 Å². The van der Waals surface area contributed by atoms with Gasteiger partial charge in [0.15, 0.2) is 0 Å². The highest BCUT2D eigenvalue weighted by Gasteiger charge is 2.23. The molecular formula is C17H25N3O2. The lowest BCUT2D eigenvalue weighted by Crippen LogP contribution is -2.43. The van der Waals surface area contributed by atoms with Gasteiger partial charge in [0.2, 0.25) is 5.91 Å². The highest BCUT2D eigenvalue weighted by molar-refractivity contribution is 5.91. The van der Waals surface area contributed by atoms with Gasteiger partial charge in [-0.2, -0.15) is 0 Å². The monoisotopic (exact) mass is 303 g/mol. The molecule has 1 aliphatic rings. The van der Waals surface area contributed by atoms with Crippen LogP contribution in [-0.4, -0.2) is 25.0 Å². The van der Waals surface area contributed by atoms with Gasteiger partial charge in [-0.05, 0) is 30.4 Å². The lowest BCUT2D eigenvalue weighted by molar-refractivity contribution is -0.119. The smallest absolute Gasteiger partial charge is 0.319 e. The third-order valence-corrected chi connectivity index (χ3v) is 4.32. The highest BCUT2D eigenvalue weighted by atomic mass is 16.2. The number of likely N-dealkylation sites (N-methyl/N-ethyl adjacent to an activating group) is 1. The van der Waals surface area contributed by atoms with Crippen LogP contribution in [0.4, 0.5) is 10.5 Å². The zero-order valence-electron chi connectivity index (χ0n) is 13.3. The Bertz CT molecular complexity index is 530. The van der Waals surface area contributed by atoms with Gasteiger partial charge >= 0.3 is 6.03 Å². The van der Waals surface area contributed by atoms with Crippen LogP contribution in [0.1, 0.15) is 38.2 Å². The van der Waals surface area contributed by atoms with Crippen molar-refractivity contribution in [1.29, 1.82) is 0 Å². The number of carbonyl (C=O) groups is 2. The van der Waals surface area contributed by atoms with E-state index in [1.807, 2.05) is 24.3 Å². The fraction of sp³-hybridized carbons (Fsp3) is 0.529. The second-order valence-electron chi connectivity index (χ2n) is 5.97. The van der Waals surface area contributed by atoms with E-state index in [2.05, 4.69) is 22.9 Å². The summed E-state index contributed by atoms with van der Waals surface area (Å²) in [6, 6.07) is 7.44. The molecule has 0 aromatic heterocycles. The molecule has 120 valence electrons. The van der Waals surface area contributed by atoms with Crippen LogP contribution < -0.4 is 16.0 Å². The third-order valence-electron chi connectivity index (χ3n) is 4.32. The van der Waals surface area contributed by atoms with Crippen molar-refractivity contribution in [3.05, 3.63) is 29.8 Å². The van der Waals surface area contributed by atoms with Crippen molar-refractivity contribution >= 4 is 17.6 Å². The number of hydrogen-bond donors (Lipinski definition) is 3. The molecule has 2 atom stereocenters. The topological polar surface area (TPSA) is 70.2 Å². The first-order valence-electron chi connectivity index (χ1n) is 7.96. The molecular weight excluding hydrogens is 278 g/mol. The molecule has 0 saturated heterocycles. The molecule has 2 unspecified atom stereocenters. The Hall–Kier alpha value is -2.04. The molecule has 3 amide bonds. The van der Waals surface area contributed by atoms with Crippen molar-refractivity contribution in [2.75, 3.05) is 12.4 Å². The van der Waals surface area contributed by atoms with Crippen molar-refractivity contribution in [3.8, 4) is 0 Å². The number of rotatable bonds is 4. The molecule has 0 heterocycles. The van der Waals surface area contributed by atoms with Gasteiger partial charge in [0.25, 0.3) is 0 Å². The van der Waals surface area contributed by atoms with E-state index in [9.17, 15) is 9.59 Å². The van der Waals surface area contributed by atoms with Crippen molar-refractivity contribution < 1.29 is 9.59 Å². The van der Waals surface area contributed by atoms with Gasteiger partial charge in [0.1, 0.15) is 0 Å². The quantitative estimate of drug-likeness (QED) is 0.800. The maximum Gasteiger partial charge on any atom is 0.319 e. The number of amides is 3. The van der Waals surface area contributed by atoms with Gasteiger partial charge in [-0.1, -0.05) is 38.0 Å². The second kappa shape index (κ2) is 7.82. The van der Waals surface area contributed by atoms with E-state index in [1.165, 1.54) is 12.8 Å². The van der Waals surface area contributed by atoms with Crippen LogP contribution >= 0.6 is 0 Å². The molecule has 0 radical (unpaired) electrons. The number of para-hydroxylation sites is 1. The zero-order chi connectivity index (χ0) is 15.9. The van der Waals surface area contributed by atoms with E-state index in [0.717, 1.165) is 18.4 Å². The van der Waals surface area contributed by atoms with Crippen LogP contribution in [-0.2, 0) is 11.2 Å². The Morgan fingerprint density at radius 1 is 1.18 bits per heavy atom. The largest absolute Gasteiger partial charge is 0.359 e. The highest BCUT2D eigenvalue weighted by Crippen LogP contribution is 2.24. The van der Waals surface area contributed by atoms with Gasteiger partial charge in [0, 0.05) is 18.8 Å². The minimum absolute atomic E-state index is 0.0736. The molecule has 1 saturated carbocycles. The van der Waals surface area contributed by atoms with Crippen LogP contribution in [0.5, 0.6) is 0 Å². The molecule has 1 aliphatic carbocycles. The minimum atomic E-state index is -0.192. The van der Waals surface area contributed by atoms with Crippen molar-refractivity contribution in [3.63, 3.8) is 0 Å². The summed E-state index contributed by atoms with van der Waals surface area (Å²) >= 11 is 0. The van der Waals surface area contributed by atoms with E-state index < -0.39 is 0 Å². The fourth-order valence-corrected chi connectivity index (χ4v) is 2.92. The van der Waals surface area contributed by atoms with Gasteiger partial charge < -0.3 is 16.0 Å². The molecule has 3 N–H and O–H groups in total. The average molecular weight is 303 g/mol. The van der Waals surface area contributed by atoms with Crippen LogP contribution in [0.25, 0.3) is 0 Å². The van der Waals surface area contributed by atoms with E-state index in [0.29, 0.717) is 11.6 Å². The molecule has 5 heteroatoms. The normalized spacial score (nSPS) is 21.0. The Balaban J connectivity index is 1.97. The molecule has 22 heavy (non-hydrogen) atoms. The number of hydrogen-bond acceptors (Lipinski definition) is 2. The average Bonchev–Trinajstić information content (AvgIpc) is 2.51. The number of urea groups is 1. The summed E-state index contributed by atoms with van der Waals surface area (Å²) in [5, 5.41) is 8.54. The zero-order valence-corrected chi connectivity index (χ0v) is 13.3. The lowest BCUT2D eigenvalue weighted by Gasteiger charge is -2.29. The van der Waals surface area contributed by atoms with E-state index in [1.54, 1.807) is 7.05 Å². The van der Waals surface area contributed by atoms with E-state index in [-0.39, 0.29) is 24.4 Å². The standard InChI is InChI=1S/C17H25N3O2/c1-12-7-3-5-9-14(12)19-17(22)20-15-10-6-4-8-13(15)11-16(21)18-2/h4,6,8,10,12,14H,3,5,7,9,11H2,1-2H3,(H,18,21)(H2,19,20,22). The Kier molecular flexibility index (Phi) is 5.81. The van der Waals surface area contributed by atoms with Crippen molar-refractivity contribution in [2.24, 2.45) is 5.92 Å². The number of benzene rings is 1. The lowest BCUT2D eigenvalue weighted by atomic mass is 9.86. The first kappa shape index (κ1) is 16.3. The number of carbonyl (C=O) groups excluding carboxylic acids is 2. The summed E-state index contributed by atoms with van der Waals surface area (Å²) in [6.07, 6.45) is 4.87. The van der Waals surface area contributed by atoms with Crippen LogP contribution in [0.15, 0.2) is 24.3 Å².